The summed E-state index contributed by atoms with van der Waals surface area (Å²) < 4.78 is 6.60. The Hall–Kier alpha value is -2.76. The van der Waals surface area contributed by atoms with Crippen molar-refractivity contribution in [1.29, 1.82) is 0 Å². The Morgan fingerprint density at radius 1 is 1.22 bits per heavy atom. The summed E-state index contributed by atoms with van der Waals surface area (Å²) in [7, 11) is 0. The van der Waals surface area contributed by atoms with E-state index in [0.717, 1.165) is 11.3 Å². The molecule has 0 N–H and O–H groups in total. The Morgan fingerprint density at radius 3 is 3.22 bits per heavy atom. The summed E-state index contributed by atoms with van der Waals surface area (Å²) in [5, 5.41) is 7.71. The molecule has 3 heterocycles. The van der Waals surface area contributed by atoms with Crippen LogP contribution >= 0.6 is 0 Å². The molecule has 0 atom stereocenters. The summed E-state index contributed by atoms with van der Waals surface area (Å²) in [6, 6.07) is 5.65. The van der Waals surface area contributed by atoms with Gasteiger partial charge < -0.3 is 4.40 Å². The Morgan fingerprint density at radius 2 is 2.22 bits per heavy atom. The molecule has 0 aliphatic rings. The molecule has 0 aliphatic carbocycles. The number of hydrogen-bond acceptors (Lipinski definition) is 5. The van der Waals surface area contributed by atoms with Crippen molar-refractivity contribution in [2.45, 2.75) is 0 Å². The molecule has 4 rings (SSSR count). The van der Waals surface area contributed by atoms with Gasteiger partial charge in [0.15, 0.2) is 5.65 Å². The topological polar surface area (TPSA) is 69.1 Å². The first-order valence-corrected chi connectivity index (χ1v) is 5.35. The molecule has 0 saturated heterocycles. The second-order valence-corrected chi connectivity index (χ2v) is 3.83. The Labute approximate surface area is 101 Å². The van der Waals surface area contributed by atoms with Gasteiger partial charge in [-0.05, 0) is 16.4 Å². The fraction of sp³-hybridized carbons (Fsp3) is 0. The second-order valence-electron chi connectivity index (χ2n) is 3.83. The minimum absolute atomic E-state index is 0.684. The van der Waals surface area contributed by atoms with Crippen LogP contribution in [0.3, 0.4) is 0 Å². The van der Waals surface area contributed by atoms with Gasteiger partial charge in [0.1, 0.15) is 17.2 Å². The van der Waals surface area contributed by atoms with Crippen LogP contribution in [0, 0.1) is 6.20 Å². The van der Waals surface area contributed by atoms with E-state index < -0.39 is 0 Å². The predicted molar refractivity (Wildman–Crippen MR) is 62.6 cm³/mol. The van der Waals surface area contributed by atoms with Gasteiger partial charge in [0.25, 0.3) is 0 Å². The molecule has 0 bridgehead atoms. The van der Waals surface area contributed by atoms with E-state index in [9.17, 15) is 0 Å². The molecule has 0 saturated carbocycles. The van der Waals surface area contributed by atoms with Gasteiger partial charge in [-0.2, -0.15) is 0 Å². The third-order valence-corrected chi connectivity index (χ3v) is 2.77. The van der Waals surface area contributed by atoms with Gasteiger partial charge in [-0.1, -0.05) is 12.1 Å². The summed E-state index contributed by atoms with van der Waals surface area (Å²) in [6.45, 7) is 0. The molecule has 85 valence electrons. The van der Waals surface area contributed by atoms with Crippen molar-refractivity contribution in [3.05, 3.63) is 43.0 Å². The van der Waals surface area contributed by atoms with E-state index in [1.807, 2.05) is 35.0 Å². The summed E-state index contributed by atoms with van der Waals surface area (Å²) in [6.07, 6.45) is 8.30. The van der Waals surface area contributed by atoms with E-state index in [-0.39, 0.29) is 0 Å². The highest BCUT2D eigenvalue weighted by Crippen LogP contribution is 2.24. The van der Waals surface area contributed by atoms with E-state index in [4.69, 9.17) is 4.63 Å². The average molecular weight is 236 g/mol. The Balaban J connectivity index is 2.03. The summed E-state index contributed by atoms with van der Waals surface area (Å²) >= 11 is 0. The minimum Gasteiger partial charge on any atom is -0.303 e. The van der Waals surface area contributed by atoms with Crippen molar-refractivity contribution in [3.63, 3.8) is 0 Å². The van der Waals surface area contributed by atoms with Crippen LogP contribution in [0.1, 0.15) is 0 Å². The van der Waals surface area contributed by atoms with Gasteiger partial charge in [0.2, 0.25) is 0 Å². The number of rotatable bonds is 1. The Bertz CT molecular complexity index is 848. The number of nitrogens with zero attached hydrogens (tertiary/aromatic N) is 5. The fourth-order valence-electron chi connectivity index (χ4n) is 1.92. The molecule has 3 aromatic heterocycles. The second kappa shape index (κ2) is 3.36. The lowest BCUT2D eigenvalue weighted by Crippen LogP contribution is -1.91. The molecule has 6 nitrogen and oxygen atoms in total. The third-order valence-electron chi connectivity index (χ3n) is 2.77. The van der Waals surface area contributed by atoms with Crippen LogP contribution in [0.5, 0.6) is 0 Å². The molecular formula is C12H6N5O. The van der Waals surface area contributed by atoms with Crippen molar-refractivity contribution < 1.29 is 4.63 Å². The van der Waals surface area contributed by atoms with Gasteiger partial charge in [-0.25, -0.2) is 14.6 Å². The lowest BCUT2D eigenvalue weighted by atomic mass is 10.1. The first-order chi connectivity index (χ1) is 8.92. The van der Waals surface area contributed by atoms with Crippen LogP contribution in [0.25, 0.3) is 27.9 Å². The number of fused-ring (bicyclic) bond motifs is 2. The van der Waals surface area contributed by atoms with E-state index in [1.165, 1.54) is 0 Å². The number of aromatic nitrogens is 5. The SMILES string of the molecule is [c]1nc(-c2cccc3nonc23)cn2ccnc12. The molecule has 0 fully saturated rings. The van der Waals surface area contributed by atoms with Gasteiger partial charge in [0.05, 0.1) is 5.69 Å². The highest BCUT2D eigenvalue weighted by molar-refractivity contribution is 5.89. The molecule has 0 spiro atoms. The molecule has 1 radical (unpaired) electrons. The van der Waals surface area contributed by atoms with Crippen LogP contribution < -0.4 is 0 Å². The molecule has 1 aromatic carbocycles. The van der Waals surface area contributed by atoms with Crippen LogP contribution in [-0.2, 0) is 0 Å². The predicted octanol–water partition coefficient (Wildman–Crippen LogP) is 1.73. The summed E-state index contributed by atoms with van der Waals surface area (Å²) in [4.78, 5) is 8.37. The first-order valence-electron chi connectivity index (χ1n) is 5.35. The van der Waals surface area contributed by atoms with Crippen molar-refractivity contribution in [2.75, 3.05) is 0 Å². The third kappa shape index (κ3) is 1.22. The van der Waals surface area contributed by atoms with E-state index in [1.54, 1.807) is 6.20 Å². The highest BCUT2D eigenvalue weighted by Gasteiger charge is 2.10. The maximum atomic E-state index is 4.74. The minimum atomic E-state index is 0.684. The molecule has 18 heavy (non-hydrogen) atoms. The molecule has 6 heteroatoms. The lowest BCUT2D eigenvalue weighted by Gasteiger charge is -2.01. The zero-order valence-electron chi connectivity index (χ0n) is 9.11. The standard InChI is InChI=1S/C12H6N5O/c1-2-8(12-9(3-1)15-18-16-12)10-7-17-5-4-13-11(17)6-14-10/h1-5,7H. The molecule has 0 aliphatic heterocycles. The highest BCUT2D eigenvalue weighted by atomic mass is 16.6. The molecule has 0 unspecified atom stereocenters. The van der Waals surface area contributed by atoms with E-state index >= 15 is 0 Å². The van der Waals surface area contributed by atoms with Crippen LogP contribution in [-0.4, -0.2) is 24.7 Å². The van der Waals surface area contributed by atoms with Crippen molar-refractivity contribution in [1.82, 2.24) is 24.7 Å². The lowest BCUT2D eigenvalue weighted by molar-refractivity contribution is 0.315. The van der Waals surface area contributed by atoms with Crippen LogP contribution in [0.2, 0.25) is 0 Å². The smallest absolute Gasteiger partial charge is 0.165 e. The van der Waals surface area contributed by atoms with Crippen LogP contribution in [0.15, 0.2) is 41.4 Å². The van der Waals surface area contributed by atoms with Gasteiger partial charge >= 0.3 is 0 Å². The average Bonchev–Trinajstić information content (AvgIpc) is 3.05. The number of hydrogen-bond donors (Lipinski definition) is 0. The van der Waals surface area contributed by atoms with Gasteiger partial charge in [-0.15, -0.1) is 0 Å². The van der Waals surface area contributed by atoms with Gasteiger partial charge in [0, 0.05) is 24.2 Å². The zero-order chi connectivity index (χ0) is 11.9. The molecular weight excluding hydrogens is 230 g/mol. The maximum absolute atomic E-state index is 4.74. The number of benzene rings is 1. The zero-order valence-corrected chi connectivity index (χ0v) is 9.11. The number of imidazole rings is 1. The normalized spacial score (nSPS) is 11.3. The fourth-order valence-corrected chi connectivity index (χ4v) is 1.92. The van der Waals surface area contributed by atoms with E-state index in [0.29, 0.717) is 16.7 Å². The quantitative estimate of drug-likeness (QED) is 0.503. The first kappa shape index (κ1) is 9.29. The van der Waals surface area contributed by atoms with Crippen molar-refractivity contribution in [3.8, 4) is 11.3 Å². The Kier molecular flexibility index (Phi) is 1.74. The largest absolute Gasteiger partial charge is 0.303 e. The molecule has 0 amide bonds. The monoisotopic (exact) mass is 236 g/mol. The van der Waals surface area contributed by atoms with Crippen molar-refractivity contribution in [2.24, 2.45) is 0 Å². The van der Waals surface area contributed by atoms with Gasteiger partial charge in [-0.3, -0.25) is 0 Å². The maximum Gasteiger partial charge on any atom is 0.165 e. The van der Waals surface area contributed by atoms with Crippen LogP contribution in [0.4, 0.5) is 0 Å². The summed E-state index contributed by atoms with van der Waals surface area (Å²) in [5.41, 5.74) is 3.70. The van der Waals surface area contributed by atoms with Crippen molar-refractivity contribution >= 4 is 16.7 Å². The summed E-state index contributed by atoms with van der Waals surface area (Å²) in [5.74, 6) is 0. The molecule has 4 aromatic rings. The van der Waals surface area contributed by atoms with E-state index in [2.05, 4.69) is 26.5 Å².